The van der Waals surface area contributed by atoms with E-state index in [1.807, 2.05) is 0 Å². The summed E-state index contributed by atoms with van der Waals surface area (Å²) in [7, 11) is 0. The second kappa shape index (κ2) is 6.00. The first-order valence-electron chi connectivity index (χ1n) is 6.47. The molecule has 22 heavy (non-hydrogen) atoms. The molecular weight excluding hydrogens is 284 g/mol. The number of aromatic amines is 1. The lowest BCUT2D eigenvalue weighted by molar-refractivity contribution is 0.0697. The van der Waals surface area contributed by atoms with Crippen molar-refractivity contribution in [2.45, 2.75) is 6.54 Å². The minimum Gasteiger partial charge on any atom is -0.478 e. The Hall–Kier alpha value is -3.29. The number of aromatic nitrogens is 5. The van der Waals surface area contributed by atoms with E-state index in [0.29, 0.717) is 23.9 Å². The molecule has 110 valence electrons. The molecule has 0 unspecified atom stereocenters. The van der Waals surface area contributed by atoms with Crippen molar-refractivity contribution >= 4 is 11.9 Å². The van der Waals surface area contributed by atoms with Gasteiger partial charge in [-0.05, 0) is 18.2 Å². The van der Waals surface area contributed by atoms with Crippen LogP contribution in [-0.4, -0.2) is 36.0 Å². The lowest BCUT2D eigenvalue weighted by Crippen LogP contribution is -2.05. The molecule has 0 atom stereocenters. The van der Waals surface area contributed by atoms with E-state index in [1.165, 1.54) is 18.3 Å². The zero-order valence-corrected chi connectivity index (χ0v) is 11.4. The Morgan fingerprint density at radius 1 is 1.14 bits per heavy atom. The van der Waals surface area contributed by atoms with E-state index in [-0.39, 0.29) is 5.56 Å². The first-order chi connectivity index (χ1) is 10.7. The van der Waals surface area contributed by atoms with Gasteiger partial charge >= 0.3 is 5.97 Å². The van der Waals surface area contributed by atoms with Crippen LogP contribution < -0.4 is 5.32 Å². The maximum Gasteiger partial charge on any atom is 0.335 e. The Bertz CT molecular complexity index is 788. The maximum atomic E-state index is 11.0. The standard InChI is InChI=1S/C14H12N6O2/c21-13(22)9-1-3-15-11(7-9)10-2-4-18-14(20-10)19-8-12-16-5-6-17-12/h1-7H,8H2,(H,16,17)(H,21,22)(H,18,19,20). The van der Waals surface area contributed by atoms with Gasteiger partial charge in [0.05, 0.1) is 23.5 Å². The van der Waals surface area contributed by atoms with Crippen molar-refractivity contribution < 1.29 is 9.90 Å². The SMILES string of the molecule is O=C(O)c1ccnc(-c2ccnc(NCc3ncc[nH]3)n2)c1. The zero-order valence-electron chi connectivity index (χ0n) is 11.4. The number of imidazole rings is 1. The van der Waals surface area contributed by atoms with Crippen molar-refractivity contribution in [2.24, 2.45) is 0 Å². The molecule has 8 heteroatoms. The molecule has 0 saturated heterocycles. The number of carbonyl (C=O) groups is 1. The summed E-state index contributed by atoms with van der Waals surface area (Å²) in [5.74, 6) is 0.172. The number of pyridine rings is 1. The third-order valence-electron chi connectivity index (χ3n) is 2.89. The molecule has 0 bridgehead atoms. The number of H-pyrrole nitrogens is 1. The van der Waals surface area contributed by atoms with Crippen LogP contribution in [0.2, 0.25) is 0 Å². The second-order valence-corrected chi connectivity index (χ2v) is 4.39. The number of aromatic carboxylic acids is 1. The van der Waals surface area contributed by atoms with Crippen LogP contribution in [0.25, 0.3) is 11.4 Å². The number of nitrogens with zero attached hydrogens (tertiary/aromatic N) is 4. The van der Waals surface area contributed by atoms with Crippen LogP contribution in [0.1, 0.15) is 16.2 Å². The molecule has 3 aromatic rings. The Kier molecular flexibility index (Phi) is 3.73. The van der Waals surface area contributed by atoms with E-state index in [1.54, 1.807) is 24.7 Å². The Morgan fingerprint density at radius 3 is 2.77 bits per heavy atom. The number of hydrogen-bond acceptors (Lipinski definition) is 6. The Balaban J connectivity index is 1.81. The summed E-state index contributed by atoms with van der Waals surface area (Å²) in [5.41, 5.74) is 1.18. The number of nitrogens with one attached hydrogen (secondary N) is 2. The maximum absolute atomic E-state index is 11.0. The van der Waals surface area contributed by atoms with Crippen LogP contribution >= 0.6 is 0 Å². The number of hydrogen-bond donors (Lipinski definition) is 3. The van der Waals surface area contributed by atoms with Crippen LogP contribution in [0.15, 0.2) is 43.0 Å². The Morgan fingerprint density at radius 2 is 2.00 bits per heavy atom. The summed E-state index contributed by atoms with van der Waals surface area (Å²) >= 11 is 0. The predicted octanol–water partition coefficient (Wildman–Crippen LogP) is 1.57. The molecule has 0 saturated carbocycles. The summed E-state index contributed by atoms with van der Waals surface area (Å²) in [6.45, 7) is 0.457. The van der Waals surface area contributed by atoms with Gasteiger partial charge in [-0.2, -0.15) is 0 Å². The molecule has 0 radical (unpaired) electrons. The normalized spacial score (nSPS) is 10.4. The third kappa shape index (κ3) is 3.06. The van der Waals surface area contributed by atoms with Crippen molar-refractivity contribution in [1.29, 1.82) is 0 Å². The van der Waals surface area contributed by atoms with Crippen LogP contribution in [-0.2, 0) is 6.54 Å². The van der Waals surface area contributed by atoms with Gasteiger partial charge < -0.3 is 15.4 Å². The van der Waals surface area contributed by atoms with E-state index >= 15 is 0 Å². The molecule has 3 rings (SSSR count). The second-order valence-electron chi connectivity index (χ2n) is 4.39. The summed E-state index contributed by atoms with van der Waals surface area (Å²) < 4.78 is 0. The van der Waals surface area contributed by atoms with Gasteiger partial charge in [-0.15, -0.1) is 0 Å². The largest absolute Gasteiger partial charge is 0.478 e. The van der Waals surface area contributed by atoms with E-state index < -0.39 is 5.97 Å². The first-order valence-corrected chi connectivity index (χ1v) is 6.47. The van der Waals surface area contributed by atoms with Crippen molar-refractivity contribution in [1.82, 2.24) is 24.9 Å². The number of carboxylic acid groups (broad SMARTS) is 1. The molecule has 3 heterocycles. The van der Waals surface area contributed by atoms with E-state index in [0.717, 1.165) is 5.82 Å². The highest BCUT2D eigenvalue weighted by atomic mass is 16.4. The van der Waals surface area contributed by atoms with E-state index in [4.69, 9.17) is 5.11 Å². The average Bonchev–Trinajstić information content (AvgIpc) is 3.07. The van der Waals surface area contributed by atoms with Gasteiger partial charge in [0.2, 0.25) is 5.95 Å². The average molecular weight is 296 g/mol. The fourth-order valence-corrected chi connectivity index (χ4v) is 1.85. The third-order valence-corrected chi connectivity index (χ3v) is 2.89. The number of carboxylic acids is 1. The number of anilines is 1. The predicted molar refractivity (Wildman–Crippen MR) is 78.1 cm³/mol. The van der Waals surface area contributed by atoms with Crippen molar-refractivity contribution in [3.8, 4) is 11.4 Å². The molecule has 3 aromatic heterocycles. The quantitative estimate of drug-likeness (QED) is 0.654. The van der Waals surface area contributed by atoms with E-state index in [2.05, 4.69) is 30.2 Å². The lowest BCUT2D eigenvalue weighted by Gasteiger charge is -2.05. The first kappa shape index (κ1) is 13.7. The van der Waals surface area contributed by atoms with Gasteiger partial charge in [0.25, 0.3) is 0 Å². The molecule has 0 amide bonds. The topological polar surface area (TPSA) is 117 Å². The van der Waals surface area contributed by atoms with Crippen molar-refractivity contribution in [2.75, 3.05) is 5.32 Å². The molecule has 0 spiro atoms. The van der Waals surface area contributed by atoms with Crippen molar-refractivity contribution in [3.63, 3.8) is 0 Å². The minimum atomic E-state index is -1.01. The molecule has 0 fully saturated rings. The summed E-state index contributed by atoms with van der Waals surface area (Å²) in [4.78, 5) is 30.6. The lowest BCUT2D eigenvalue weighted by atomic mass is 10.2. The van der Waals surface area contributed by atoms with Gasteiger partial charge in [0.1, 0.15) is 5.82 Å². The monoisotopic (exact) mass is 296 g/mol. The summed E-state index contributed by atoms with van der Waals surface area (Å²) in [6.07, 6.45) is 6.42. The highest BCUT2D eigenvalue weighted by Crippen LogP contribution is 2.16. The van der Waals surface area contributed by atoms with Crippen LogP contribution in [0.4, 0.5) is 5.95 Å². The fraction of sp³-hybridized carbons (Fsp3) is 0.0714. The molecule has 8 nitrogen and oxygen atoms in total. The summed E-state index contributed by atoms with van der Waals surface area (Å²) in [5, 5.41) is 12.1. The van der Waals surface area contributed by atoms with Crippen LogP contribution in [0, 0.1) is 0 Å². The van der Waals surface area contributed by atoms with Gasteiger partial charge in [0, 0.05) is 24.8 Å². The minimum absolute atomic E-state index is 0.161. The molecule has 0 aliphatic rings. The smallest absolute Gasteiger partial charge is 0.335 e. The zero-order chi connectivity index (χ0) is 15.4. The van der Waals surface area contributed by atoms with Gasteiger partial charge in [-0.25, -0.2) is 19.7 Å². The molecule has 0 aromatic carbocycles. The van der Waals surface area contributed by atoms with E-state index in [9.17, 15) is 4.79 Å². The van der Waals surface area contributed by atoms with Gasteiger partial charge in [0.15, 0.2) is 0 Å². The summed E-state index contributed by atoms with van der Waals surface area (Å²) in [6, 6.07) is 4.58. The van der Waals surface area contributed by atoms with Gasteiger partial charge in [-0.3, -0.25) is 4.98 Å². The van der Waals surface area contributed by atoms with Crippen LogP contribution in [0.3, 0.4) is 0 Å². The molecule has 0 aliphatic carbocycles. The fourth-order valence-electron chi connectivity index (χ4n) is 1.85. The van der Waals surface area contributed by atoms with Crippen LogP contribution in [0.5, 0.6) is 0 Å². The van der Waals surface area contributed by atoms with Crippen molar-refractivity contribution in [3.05, 3.63) is 54.4 Å². The number of rotatable bonds is 5. The van der Waals surface area contributed by atoms with Gasteiger partial charge in [-0.1, -0.05) is 0 Å². The molecule has 0 aliphatic heterocycles. The molecular formula is C14H12N6O2. The highest BCUT2D eigenvalue weighted by Gasteiger charge is 2.08. The Labute approximate surface area is 125 Å². The highest BCUT2D eigenvalue weighted by molar-refractivity contribution is 5.88. The molecule has 3 N–H and O–H groups in total.